The highest BCUT2D eigenvalue weighted by Crippen LogP contribution is 2.28. The molecule has 0 spiro atoms. The van der Waals surface area contributed by atoms with Crippen LogP contribution in [0.3, 0.4) is 0 Å². The normalized spacial score (nSPS) is 20.9. The number of fused-ring (bicyclic) bond motifs is 1. The maximum atomic E-state index is 6.15. The number of nitrogens with one attached hydrogen (secondary N) is 1. The molecule has 1 unspecified atom stereocenters. The first kappa shape index (κ1) is 10.5. The van der Waals surface area contributed by atoms with Gasteiger partial charge < -0.3 is 11.1 Å². The van der Waals surface area contributed by atoms with E-state index in [-0.39, 0.29) is 0 Å². The largest absolute Gasteiger partial charge is 0.394 e. The molecule has 0 bridgehead atoms. The summed E-state index contributed by atoms with van der Waals surface area (Å²) in [6.45, 7) is 4.07. The monoisotopic (exact) mass is 231 g/mol. The Labute approximate surface area is 100 Å². The number of nitrogen functional groups attached to an aromatic ring is 1. The Kier molecular flexibility index (Phi) is 2.48. The van der Waals surface area contributed by atoms with E-state index in [0.717, 1.165) is 42.1 Å². The molecule has 2 aromatic rings. The highest BCUT2D eigenvalue weighted by molar-refractivity contribution is 5.68. The molecular weight excluding hydrogens is 214 g/mol. The van der Waals surface area contributed by atoms with Gasteiger partial charge in [-0.05, 0) is 31.9 Å². The van der Waals surface area contributed by atoms with E-state index in [1.54, 1.807) is 4.52 Å². The molecule has 3 N–H and O–H groups in total. The van der Waals surface area contributed by atoms with Crippen molar-refractivity contribution in [2.75, 3.05) is 18.8 Å². The fourth-order valence-electron chi connectivity index (χ4n) is 2.45. The summed E-state index contributed by atoms with van der Waals surface area (Å²) in [5, 5.41) is 7.98. The molecule has 5 nitrogen and oxygen atoms in total. The molecule has 3 rings (SSSR count). The van der Waals surface area contributed by atoms with Crippen molar-refractivity contribution in [3.05, 3.63) is 23.7 Å². The average molecular weight is 231 g/mol. The van der Waals surface area contributed by atoms with Crippen LogP contribution in [-0.2, 0) is 0 Å². The van der Waals surface area contributed by atoms with Gasteiger partial charge in [-0.1, -0.05) is 0 Å². The first-order valence-corrected chi connectivity index (χ1v) is 6.07. The van der Waals surface area contributed by atoms with Gasteiger partial charge in [0.2, 0.25) is 0 Å². The summed E-state index contributed by atoms with van der Waals surface area (Å²) in [6, 6.07) is 0. The second-order valence-corrected chi connectivity index (χ2v) is 4.74. The van der Waals surface area contributed by atoms with Crippen LogP contribution in [0.25, 0.3) is 5.65 Å². The van der Waals surface area contributed by atoms with E-state index in [1.165, 1.54) is 6.42 Å². The van der Waals surface area contributed by atoms with Gasteiger partial charge in [0.05, 0.1) is 5.69 Å². The zero-order chi connectivity index (χ0) is 11.8. The summed E-state index contributed by atoms with van der Waals surface area (Å²) < 4.78 is 1.80. The van der Waals surface area contributed by atoms with Crippen molar-refractivity contribution in [2.45, 2.75) is 25.7 Å². The zero-order valence-electron chi connectivity index (χ0n) is 9.98. The topological polar surface area (TPSA) is 68.2 Å². The van der Waals surface area contributed by atoms with Crippen molar-refractivity contribution in [3.63, 3.8) is 0 Å². The molecule has 0 saturated carbocycles. The molecule has 1 saturated heterocycles. The van der Waals surface area contributed by atoms with E-state index in [2.05, 4.69) is 15.4 Å². The predicted molar refractivity (Wildman–Crippen MR) is 67.0 cm³/mol. The maximum Gasteiger partial charge on any atom is 0.178 e. The molecule has 1 fully saturated rings. The third-order valence-electron chi connectivity index (χ3n) is 3.35. The second kappa shape index (κ2) is 4.00. The summed E-state index contributed by atoms with van der Waals surface area (Å²) in [4.78, 5) is 4.35. The number of hydrogen-bond donors (Lipinski definition) is 2. The van der Waals surface area contributed by atoms with Crippen LogP contribution in [0, 0.1) is 6.92 Å². The second-order valence-electron chi connectivity index (χ2n) is 4.74. The Morgan fingerprint density at radius 2 is 2.41 bits per heavy atom. The maximum absolute atomic E-state index is 6.15. The lowest BCUT2D eigenvalue weighted by Crippen LogP contribution is -2.29. The van der Waals surface area contributed by atoms with Crippen molar-refractivity contribution in [1.29, 1.82) is 0 Å². The lowest BCUT2D eigenvalue weighted by molar-refractivity contribution is 0.454. The number of hydrogen-bond acceptors (Lipinski definition) is 4. The Morgan fingerprint density at radius 1 is 1.53 bits per heavy atom. The number of aryl methyl sites for hydroxylation is 1. The minimum Gasteiger partial charge on any atom is -0.394 e. The van der Waals surface area contributed by atoms with Crippen molar-refractivity contribution in [2.24, 2.45) is 0 Å². The van der Waals surface area contributed by atoms with Crippen LogP contribution in [0.15, 0.2) is 12.4 Å². The third-order valence-corrected chi connectivity index (χ3v) is 3.35. The number of anilines is 1. The first-order chi connectivity index (χ1) is 8.25. The van der Waals surface area contributed by atoms with Crippen molar-refractivity contribution in [3.8, 4) is 0 Å². The molecule has 2 aromatic heterocycles. The van der Waals surface area contributed by atoms with Crippen LogP contribution in [0.4, 0.5) is 5.69 Å². The van der Waals surface area contributed by atoms with Crippen LogP contribution in [-0.4, -0.2) is 27.7 Å². The zero-order valence-corrected chi connectivity index (χ0v) is 9.98. The molecule has 1 aliphatic rings. The summed E-state index contributed by atoms with van der Waals surface area (Å²) in [6.07, 6.45) is 6.14. The fraction of sp³-hybridized carbons (Fsp3) is 0.500. The van der Waals surface area contributed by atoms with E-state index in [9.17, 15) is 0 Å². The fourth-order valence-corrected chi connectivity index (χ4v) is 2.45. The number of piperidine rings is 1. The van der Waals surface area contributed by atoms with Crippen LogP contribution in [0.1, 0.15) is 30.0 Å². The molecule has 17 heavy (non-hydrogen) atoms. The standard InChI is InChI=1S/C12H17N5/c1-8-5-15-12-10(13)11(16-17(12)7-8)9-3-2-4-14-6-9/h5,7,9,14H,2-4,6,13H2,1H3. The SMILES string of the molecule is Cc1cnc2c(N)c(C3CCCNC3)nn2c1. The highest BCUT2D eigenvalue weighted by atomic mass is 15.3. The summed E-state index contributed by atoms with van der Waals surface area (Å²) >= 11 is 0. The van der Waals surface area contributed by atoms with E-state index in [4.69, 9.17) is 5.73 Å². The lowest BCUT2D eigenvalue weighted by atomic mass is 9.95. The Morgan fingerprint density at radius 3 is 3.18 bits per heavy atom. The van der Waals surface area contributed by atoms with E-state index >= 15 is 0 Å². The van der Waals surface area contributed by atoms with Crippen molar-refractivity contribution < 1.29 is 0 Å². The molecule has 1 aliphatic heterocycles. The predicted octanol–water partition coefficient (Wildman–Crippen LogP) is 1.09. The van der Waals surface area contributed by atoms with Crippen LogP contribution >= 0.6 is 0 Å². The van der Waals surface area contributed by atoms with E-state index in [0.29, 0.717) is 5.92 Å². The van der Waals surface area contributed by atoms with Crippen LogP contribution in [0.5, 0.6) is 0 Å². The average Bonchev–Trinajstić information content (AvgIpc) is 2.67. The van der Waals surface area contributed by atoms with Crippen LogP contribution in [0.2, 0.25) is 0 Å². The molecule has 0 radical (unpaired) electrons. The Bertz CT molecular complexity index is 539. The van der Waals surface area contributed by atoms with Crippen molar-refractivity contribution >= 4 is 11.3 Å². The molecule has 0 aliphatic carbocycles. The summed E-state index contributed by atoms with van der Waals surface area (Å²) in [5.74, 6) is 0.422. The van der Waals surface area contributed by atoms with Gasteiger partial charge in [-0.2, -0.15) is 5.10 Å². The molecule has 3 heterocycles. The molecular formula is C12H17N5. The van der Waals surface area contributed by atoms with Gasteiger partial charge in [0.15, 0.2) is 5.65 Å². The van der Waals surface area contributed by atoms with Gasteiger partial charge in [0.25, 0.3) is 0 Å². The first-order valence-electron chi connectivity index (χ1n) is 6.07. The van der Waals surface area contributed by atoms with Gasteiger partial charge in [-0.3, -0.25) is 0 Å². The minimum atomic E-state index is 0.422. The smallest absolute Gasteiger partial charge is 0.178 e. The molecule has 90 valence electrons. The van der Waals surface area contributed by atoms with Gasteiger partial charge in [-0.25, -0.2) is 9.50 Å². The summed E-state index contributed by atoms with van der Waals surface area (Å²) in [5.41, 5.74) is 9.74. The van der Waals surface area contributed by atoms with E-state index < -0.39 is 0 Å². The highest BCUT2D eigenvalue weighted by Gasteiger charge is 2.22. The van der Waals surface area contributed by atoms with E-state index in [1.807, 2.05) is 19.3 Å². The van der Waals surface area contributed by atoms with Gasteiger partial charge in [0, 0.05) is 24.9 Å². The molecule has 1 atom stereocenters. The van der Waals surface area contributed by atoms with Gasteiger partial charge >= 0.3 is 0 Å². The van der Waals surface area contributed by atoms with Gasteiger partial charge in [0.1, 0.15) is 5.69 Å². The van der Waals surface area contributed by atoms with Crippen molar-refractivity contribution in [1.82, 2.24) is 19.9 Å². The third kappa shape index (κ3) is 1.76. The number of aromatic nitrogens is 3. The lowest BCUT2D eigenvalue weighted by Gasteiger charge is -2.21. The number of nitrogens with zero attached hydrogens (tertiary/aromatic N) is 3. The number of rotatable bonds is 1. The summed E-state index contributed by atoms with van der Waals surface area (Å²) in [7, 11) is 0. The quantitative estimate of drug-likeness (QED) is 0.771. The minimum absolute atomic E-state index is 0.422. The van der Waals surface area contributed by atoms with Crippen LogP contribution < -0.4 is 11.1 Å². The molecule has 0 amide bonds. The molecule has 0 aromatic carbocycles. The number of nitrogens with two attached hydrogens (primary N) is 1. The Hall–Kier alpha value is -1.62. The Balaban J connectivity index is 2.07. The molecule has 5 heteroatoms. The van der Waals surface area contributed by atoms with Gasteiger partial charge in [-0.15, -0.1) is 0 Å².